The van der Waals surface area contributed by atoms with E-state index in [4.69, 9.17) is 10.5 Å². The van der Waals surface area contributed by atoms with E-state index in [2.05, 4.69) is 9.97 Å². The second-order valence-electron chi connectivity index (χ2n) is 4.15. The number of para-hydroxylation sites is 1. The van der Waals surface area contributed by atoms with E-state index in [-0.39, 0.29) is 0 Å². The molecule has 4 heteroatoms. The summed E-state index contributed by atoms with van der Waals surface area (Å²) in [6.45, 7) is 0.416. The number of ether oxygens (including phenoxy) is 1. The predicted molar refractivity (Wildman–Crippen MR) is 73.9 cm³/mol. The Bertz CT molecular complexity index is 712. The zero-order chi connectivity index (χ0) is 13.1. The Morgan fingerprint density at radius 2 is 2.00 bits per heavy atom. The van der Waals surface area contributed by atoms with Crippen molar-refractivity contribution in [3.8, 4) is 11.5 Å². The number of rotatable bonds is 3. The van der Waals surface area contributed by atoms with Crippen LogP contribution >= 0.6 is 0 Å². The number of nitrogens with zero attached hydrogens (tertiary/aromatic N) is 2. The Morgan fingerprint density at radius 3 is 2.89 bits per heavy atom. The molecule has 1 aromatic carbocycles. The maximum Gasteiger partial charge on any atom is 0.150 e. The summed E-state index contributed by atoms with van der Waals surface area (Å²) < 4.78 is 5.80. The standard InChI is InChI=1S/C15H13N3O/c16-8-12-5-6-17-10-15(12)19-13-7-11-3-1-2-4-14(11)18-9-13/h1-7,9-10H,8,16H2. The van der Waals surface area contributed by atoms with Crippen LogP contribution in [0.3, 0.4) is 0 Å². The third-order valence-corrected chi connectivity index (χ3v) is 2.88. The van der Waals surface area contributed by atoms with Crippen molar-refractivity contribution in [2.75, 3.05) is 0 Å². The molecule has 0 radical (unpaired) electrons. The summed E-state index contributed by atoms with van der Waals surface area (Å²) in [5.41, 5.74) is 7.54. The van der Waals surface area contributed by atoms with Crippen molar-refractivity contribution in [2.24, 2.45) is 5.73 Å². The molecule has 3 rings (SSSR count). The molecule has 0 spiro atoms. The minimum atomic E-state index is 0.416. The molecule has 94 valence electrons. The first-order valence-electron chi connectivity index (χ1n) is 6.02. The van der Waals surface area contributed by atoms with Crippen LogP contribution in [0.1, 0.15) is 5.56 Å². The van der Waals surface area contributed by atoms with Crippen LogP contribution in [0.15, 0.2) is 55.0 Å². The van der Waals surface area contributed by atoms with Gasteiger partial charge in [-0.1, -0.05) is 18.2 Å². The summed E-state index contributed by atoms with van der Waals surface area (Å²) >= 11 is 0. The number of fused-ring (bicyclic) bond motifs is 1. The van der Waals surface area contributed by atoms with Crippen LogP contribution in [0, 0.1) is 0 Å². The zero-order valence-electron chi connectivity index (χ0n) is 10.3. The number of hydrogen-bond acceptors (Lipinski definition) is 4. The van der Waals surface area contributed by atoms with Gasteiger partial charge in [-0.2, -0.15) is 0 Å². The molecular formula is C15H13N3O. The molecule has 0 amide bonds. The van der Waals surface area contributed by atoms with Gasteiger partial charge in [-0.15, -0.1) is 0 Å². The Hall–Kier alpha value is -2.46. The zero-order valence-corrected chi connectivity index (χ0v) is 10.3. The lowest BCUT2D eigenvalue weighted by molar-refractivity contribution is 0.472. The smallest absolute Gasteiger partial charge is 0.150 e. The van der Waals surface area contributed by atoms with Crippen LogP contribution in [-0.4, -0.2) is 9.97 Å². The largest absolute Gasteiger partial charge is 0.454 e. The van der Waals surface area contributed by atoms with E-state index in [0.717, 1.165) is 16.5 Å². The lowest BCUT2D eigenvalue weighted by atomic mass is 10.2. The topological polar surface area (TPSA) is 61.0 Å². The molecule has 2 heterocycles. The third kappa shape index (κ3) is 2.39. The molecule has 0 fully saturated rings. The molecule has 0 aliphatic heterocycles. The van der Waals surface area contributed by atoms with E-state index in [1.54, 1.807) is 18.6 Å². The number of benzene rings is 1. The number of aromatic nitrogens is 2. The van der Waals surface area contributed by atoms with E-state index >= 15 is 0 Å². The first kappa shape index (κ1) is 11.6. The lowest BCUT2D eigenvalue weighted by Gasteiger charge is -2.09. The van der Waals surface area contributed by atoms with Gasteiger partial charge in [0.15, 0.2) is 0 Å². The van der Waals surface area contributed by atoms with Crippen molar-refractivity contribution in [1.29, 1.82) is 0 Å². The molecular weight excluding hydrogens is 238 g/mol. The fourth-order valence-electron chi connectivity index (χ4n) is 1.90. The van der Waals surface area contributed by atoms with Gasteiger partial charge < -0.3 is 10.5 Å². The third-order valence-electron chi connectivity index (χ3n) is 2.88. The van der Waals surface area contributed by atoms with E-state index < -0.39 is 0 Å². The number of pyridine rings is 2. The minimum absolute atomic E-state index is 0.416. The molecule has 0 aliphatic carbocycles. The highest BCUT2D eigenvalue weighted by atomic mass is 16.5. The Kier molecular flexibility index (Phi) is 3.08. The average molecular weight is 251 g/mol. The van der Waals surface area contributed by atoms with Crippen LogP contribution in [0.5, 0.6) is 11.5 Å². The van der Waals surface area contributed by atoms with Gasteiger partial charge in [-0.3, -0.25) is 9.97 Å². The fraction of sp³-hybridized carbons (Fsp3) is 0.0667. The molecule has 0 atom stereocenters. The SMILES string of the molecule is NCc1ccncc1Oc1cnc2ccccc2c1. The highest BCUT2D eigenvalue weighted by Gasteiger charge is 2.04. The molecule has 4 nitrogen and oxygen atoms in total. The highest BCUT2D eigenvalue weighted by molar-refractivity contribution is 5.79. The summed E-state index contributed by atoms with van der Waals surface area (Å²) in [6, 6.07) is 11.7. The Labute approximate surface area is 110 Å². The van der Waals surface area contributed by atoms with Crippen molar-refractivity contribution in [3.05, 3.63) is 60.6 Å². The quantitative estimate of drug-likeness (QED) is 0.777. The molecule has 2 N–H and O–H groups in total. The summed E-state index contributed by atoms with van der Waals surface area (Å²) in [5, 5.41) is 1.04. The van der Waals surface area contributed by atoms with Crippen LogP contribution in [0.25, 0.3) is 10.9 Å². The predicted octanol–water partition coefficient (Wildman–Crippen LogP) is 2.88. The van der Waals surface area contributed by atoms with Crippen molar-refractivity contribution in [1.82, 2.24) is 9.97 Å². The monoisotopic (exact) mass is 251 g/mol. The van der Waals surface area contributed by atoms with Crippen molar-refractivity contribution in [2.45, 2.75) is 6.54 Å². The number of nitrogens with two attached hydrogens (primary N) is 1. The highest BCUT2D eigenvalue weighted by Crippen LogP contribution is 2.25. The summed E-state index contributed by atoms with van der Waals surface area (Å²) in [6.07, 6.45) is 5.07. The van der Waals surface area contributed by atoms with E-state index in [0.29, 0.717) is 18.0 Å². The summed E-state index contributed by atoms with van der Waals surface area (Å²) in [5.74, 6) is 1.35. The average Bonchev–Trinajstić information content (AvgIpc) is 2.48. The second kappa shape index (κ2) is 5.04. The normalized spacial score (nSPS) is 10.6. The maximum atomic E-state index is 5.80. The van der Waals surface area contributed by atoms with E-state index in [1.807, 2.05) is 36.4 Å². The Morgan fingerprint density at radius 1 is 1.11 bits per heavy atom. The Balaban J connectivity index is 1.96. The molecule has 0 aliphatic rings. The second-order valence-corrected chi connectivity index (χ2v) is 4.15. The van der Waals surface area contributed by atoms with E-state index in [1.165, 1.54) is 0 Å². The van der Waals surface area contributed by atoms with Crippen LogP contribution in [0.4, 0.5) is 0 Å². The minimum Gasteiger partial charge on any atom is -0.454 e. The van der Waals surface area contributed by atoms with Gasteiger partial charge in [0.25, 0.3) is 0 Å². The molecule has 3 aromatic rings. The summed E-state index contributed by atoms with van der Waals surface area (Å²) in [7, 11) is 0. The van der Waals surface area contributed by atoms with Gasteiger partial charge in [0.05, 0.1) is 17.9 Å². The van der Waals surface area contributed by atoms with Gasteiger partial charge in [-0.25, -0.2) is 0 Å². The maximum absolute atomic E-state index is 5.80. The van der Waals surface area contributed by atoms with Crippen molar-refractivity contribution < 1.29 is 4.74 Å². The van der Waals surface area contributed by atoms with Crippen molar-refractivity contribution >= 4 is 10.9 Å². The first-order chi connectivity index (χ1) is 9.36. The van der Waals surface area contributed by atoms with Crippen molar-refractivity contribution in [3.63, 3.8) is 0 Å². The molecule has 0 saturated heterocycles. The fourth-order valence-corrected chi connectivity index (χ4v) is 1.90. The summed E-state index contributed by atoms with van der Waals surface area (Å²) in [4.78, 5) is 8.41. The first-order valence-corrected chi connectivity index (χ1v) is 6.02. The van der Waals surface area contributed by atoms with Crippen LogP contribution in [0.2, 0.25) is 0 Å². The molecule has 19 heavy (non-hydrogen) atoms. The van der Waals surface area contributed by atoms with Gasteiger partial charge in [0.1, 0.15) is 11.5 Å². The molecule has 0 bridgehead atoms. The van der Waals surface area contributed by atoms with Gasteiger partial charge in [0, 0.05) is 23.7 Å². The van der Waals surface area contributed by atoms with Crippen LogP contribution in [-0.2, 0) is 6.54 Å². The lowest BCUT2D eigenvalue weighted by Crippen LogP contribution is -1.99. The number of hydrogen-bond donors (Lipinski definition) is 1. The van der Waals surface area contributed by atoms with Gasteiger partial charge in [-0.05, 0) is 18.2 Å². The van der Waals surface area contributed by atoms with Crippen LogP contribution < -0.4 is 10.5 Å². The molecule has 0 saturated carbocycles. The molecule has 2 aromatic heterocycles. The van der Waals surface area contributed by atoms with Gasteiger partial charge in [0.2, 0.25) is 0 Å². The van der Waals surface area contributed by atoms with Gasteiger partial charge >= 0.3 is 0 Å². The molecule has 0 unspecified atom stereocenters. The van der Waals surface area contributed by atoms with E-state index in [9.17, 15) is 0 Å².